The Morgan fingerprint density at radius 1 is 0.562 bits per heavy atom. The molecule has 64 heavy (non-hydrogen) atoms. The average molecular weight is 976 g/mol. The maximum absolute atomic E-state index is 4.93. The summed E-state index contributed by atoms with van der Waals surface area (Å²) in [5, 5.41) is 8.39. The first kappa shape index (κ1) is 49.6. The molecule has 2 atom stereocenters. The minimum absolute atomic E-state index is 0.125. The van der Waals surface area contributed by atoms with E-state index in [0.29, 0.717) is 11.8 Å². The van der Waals surface area contributed by atoms with E-state index in [2.05, 4.69) is 223 Å². The average Bonchev–Trinajstić information content (AvgIpc) is 4.02. The van der Waals surface area contributed by atoms with Gasteiger partial charge in [0.1, 0.15) is 0 Å². The van der Waals surface area contributed by atoms with Crippen molar-refractivity contribution in [2.45, 2.75) is 119 Å². The Balaban J connectivity index is 0.000000160. The number of rotatable bonds is 6. The minimum Gasteiger partial charge on any atom is -0.184 e. The van der Waals surface area contributed by atoms with Crippen LogP contribution >= 0.6 is 17.0 Å². The standard InChI is InChI=1S/2C24H29.C12H7Si.2ClH.Zr/c2*1-7-16(2)19-14-18-12-13-22(24(4,5)6)23(21(18)15-19)20-11-9-8-10-17(20)3;1-3-7-11-9(5-1)10-6-2-4-8-12(10)13-11;;;/h2*8-16H,7H2,1-6H3;1-7H;2*1H;/q3*-1;;;+2/p-2. The predicted octanol–water partition coefficient (Wildman–Crippen LogP) is 17.2. The Morgan fingerprint density at radius 2 is 0.969 bits per heavy atom. The van der Waals surface area contributed by atoms with Crippen molar-refractivity contribution in [1.29, 1.82) is 0 Å². The van der Waals surface area contributed by atoms with Crippen LogP contribution in [0.1, 0.15) is 127 Å². The molecule has 0 saturated carbocycles. The third kappa shape index (κ3) is 11.2. The molecule has 0 fully saturated rings. The second-order valence-electron chi connectivity index (χ2n) is 19.5. The number of hydrogen-bond donors (Lipinski definition) is 0. The van der Waals surface area contributed by atoms with E-state index in [4.69, 9.17) is 17.0 Å². The molecule has 1 aliphatic rings. The van der Waals surface area contributed by atoms with Gasteiger partial charge in [-0.25, -0.2) is 0 Å². The van der Waals surface area contributed by atoms with Gasteiger partial charge in [0, 0.05) is 0 Å². The van der Waals surface area contributed by atoms with E-state index in [1.807, 2.05) is 6.07 Å². The zero-order valence-corrected chi connectivity index (χ0v) is 45.1. The van der Waals surface area contributed by atoms with E-state index in [1.165, 1.54) is 112 Å². The fraction of sp³-hybridized carbons (Fsp3) is 0.300. The number of fused-ring (bicyclic) bond motifs is 5. The van der Waals surface area contributed by atoms with Gasteiger partial charge >= 0.3 is 37.9 Å². The Labute approximate surface area is 407 Å². The Kier molecular flexibility index (Phi) is 16.8. The smallest absolute Gasteiger partial charge is 0.0920 e. The molecule has 1 aliphatic heterocycles. The first-order valence-electron chi connectivity index (χ1n) is 22.9. The first-order valence-corrected chi connectivity index (χ1v) is 30.3. The van der Waals surface area contributed by atoms with E-state index < -0.39 is 20.8 Å². The third-order valence-corrected chi connectivity index (χ3v) is 14.3. The van der Waals surface area contributed by atoms with Crippen LogP contribution in [0.3, 0.4) is 0 Å². The van der Waals surface area contributed by atoms with Crippen LogP contribution in [-0.4, -0.2) is 9.52 Å². The molecule has 8 aromatic carbocycles. The SMILES string of the molecule is CCC(C)c1cc2c(-c3ccccc3C)c(C(C)(C)C)ccc2[cH-]1.CCC(C)c1cc2c(-c3ccccc3C)c(C(C)(C)C)ccc2[cH-]1.[Cl][Zr][Cl].[c-]1cccc2c1[Si]c1ccccc1-2. The molecule has 8 aromatic rings. The zero-order chi connectivity index (χ0) is 46.3. The van der Waals surface area contributed by atoms with Crippen molar-refractivity contribution in [3.63, 3.8) is 0 Å². The fourth-order valence-electron chi connectivity index (χ4n) is 8.91. The summed E-state index contributed by atoms with van der Waals surface area (Å²) >= 11 is -0.826. The van der Waals surface area contributed by atoms with Crippen molar-refractivity contribution >= 4 is 58.5 Å². The van der Waals surface area contributed by atoms with Gasteiger partial charge < -0.3 is 0 Å². The molecule has 0 aliphatic carbocycles. The van der Waals surface area contributed by atoms with Crippen LogP contribution < -0.4 is 10.4 Å². The monoisotopic (exact) mass is 973 g/mol. The second-order valence-corrected chi connectivity index (χ2v) is 24.5. The van der Waals surface area contributed by atoms with E-state index in [1.54, 1.807) is 0 Å². The van der Waals surface area contributed by atoms with Crippen LogP contribution in [0.25, 0.3) is 54.9 Å². The Bertz CT molecular complexity index is 2620. The van der Waals surface area contributed by atoms with Gasteiger partial charge in [-0.3, -0.25) is 0 Å². The van der Waals surface area contributed by atoms with Crippen LogP contribution in [0, 0.1) is 19.9 Å². The van der Waals surface area contributed by atoms with Crippen LogP contribution in [0.5, 0.6) is 0 Å². The molecule has 0 aromatic heterocycles. The second kappa shape index (κ2) is 21.7. The summed E-state index contributed by atoms with van der Waals surface area (Å²) in [7, 11) is 10.7. The van der Waals surface area contributed by atoms with Gasteiger partial charge in [-0.05, 0) is 58.8 Å². The molecular formula is C60H65Cl2SiZr-3. The number of hydrogen-bond acceptors (Lipinski definition) is 0. The largest absolute Gasteiger partial charge is 0.184 e. The summed E-state index contributed by atoms with van der Waals surface area (Å²) in [5.74, 6) is 1.22. The fourth-order valence-corrected chi connectivity index (χ4v) is 10.2. The van der Waals surface area contributed by atoms with Gasteiger partial charge in [-0.1, -0.05) is 188 Å². The topological polar surface area (TPSA) is 0 Å². The van der Waals surface area contributed by atoms with Crippen molar-refractivity contribution < 1.29 is 20.8 Å². The Hall–Kier alpha value is -3.78. The van der Waals surface area contributed by atoms with Crippen LogP contribution in [0.2, 0.25) is 0 Å². The van der Waals surface area contributed by atoms with Crippen LogP contribution in [-0.2, 0) is 31.7 Å². The summed E-state index contributed by atoms with van der Waals surface area (Å²) < 4.78 is 0. The molecule has 0 N–H and O–H groups in total. The van der Waals surface area contributed by atoms with E-state index in [0.717, 1.165) is 9.52 Å². The van der Waals surface area contributed by atoms with Gasteiger partial charge in [0.15, 0.2) is 0 Å². The molecule has 9 rings (SSSR count). The van der Waals surface area contributed by atoms with E-state index >= 15 is 0 Å². The van der Waals surface area contributed by atoms with Crippen molar-refractivity contribution in [3.05, 3.63) is 179 Å². The van der Waals surface area contributed by atoms with Gasteiger partial charge in [0.2, 0.25) is 0 Å². The van der Waals surface area contributed by atoms with Crippen LogP contribution in [0.15, 0.2) is 140 Å². The molecular weight excluding hydrogens is 911 g/mol. The molecule has 0 amide bonds. The van der Waals surface area contributed by atoms with Crippen LogP contribution in [0.4, 0.5) is 0 Å². The summed E-state index contributed by atoms with van der Waals surface area (Å²) in [6.07, 6.45) is 2.37. The molecule has 1 heterocycles. The number of benzene rings is 6. The summed E-state index contributed by atoms with van der Waals surface area (Å²) in [6, 6.07) is 54.7. The predicted molar refractivity (Wildman–Crippen MR) is 282 cm³/mol. The van der Waals surface area contributed by atoms with Gasteiger partial charge in [-0.2, -0.15) is 41.6 Å². The van der Waals surface area contributed by atoms with Gasteiger partial charge in [0.25, 0.3) is 0 Å². The van der Waals surface area contributed by atoms with Crippen molar-refractivity contribution in [3.8, 4) is 33.4 Å². The van der Waals surface area contributed by atoms with E-state index in [9.17, 15) is 0 Å². The molecule has 0 nitrogen and oxygen atoms in total. The number of aryl methyl sites for hydroxylation is 2. The normalized spacial score (nSPS) is 12.8. The maximum atomic E-state index is 4.93. The minimum atomic E-state index is -0.826. The summed E-state index contributed by atoms with van der Waals surface area (Å²) in [6.45, 7) is 27.5. The zero-order valence-electron chi connectivity index (χ0n) is 40.1. The quantitative estimate of drug-likeness (QED) is 0.115. The summed E-state index contributed by atoms with van der Waals surface area (Å²) in [4.78, 5) is 0. The van der Waals surface area contributed by atoms with Crippen molar-refractivity contribution in [2.75, 3.05) is 0 Å². The molecule has 4 heteroatoms. The van der Waals surface area contributed by atoms with Gasteiger partial charge in [0.05, 0.1) is 9.52 Å². The Morgan fingerprint density at radius 3 is 1.39 bits per heavy atom. The number of halogens is 2. The molecule has 0 saturated heterocycles. The van der Waals surface area contributed by atoms with Gasteiger partial charge in [-0.15, -0.1) is 74.6 Å². The molecule has 2 radical (unpaired) electrons. The molecule has 0 bridgehead atoms. The first-order chi connectivity index (χ1) is 30.5. The van der Waals surface area contributed by atoms with Crippen molar-refractivity contribution in [2.24, 2.45) is 0 Å². The van der Waals surface area contributed by atoms with E-state index in [-0.39, 0.29) is 10.8 Å². The van der Waals surface area contributed by atoms with Crippen molar-refractivity contribution in [1.82, 2.24) is 0 Å². The third-order valence-electron chi connectivity index (χ3n) is 13.0. The summed E-state index contributed by atoms with van der Waals surface area (Å²) in [5.41, 5.74) is 17.1. The molecule has 2 unspecified atom stereocenters. The molecule has 0 spiro atoms. The molecule has 330 valence electrons. The maximum Gasteiger partial charge on any atom is 0.0920 e.